The van der Waals surface area contributed by atoms with E-state index >= 15 is 0 Å². The van der Waals surface area contributed by atoms with Crippen molar-refractivity contribution in [2.24, 2.45) is 5.73 Å². The van der Waals surface area contributed by atoms with Crippen LogP contribution >= 0.6 is 0 Å². The number of hydrogen-bond donors (Lipinski definition) is 1. The van der Waals surface area contributed by atoms with E-state index in [1.165, 1.54) is 12.1 Å². The van der Waals surface area contributed by atoms with Gasteiger partial charge in [0.1, 0.15) is 23.7 Å². The number of nitrogens with two attached hydrogens (primary N) is 1. The number of benzene rings is 1. The number of halogens is 3. The molecular formula is C20H19F3N2O2. The molecule has 0 unspecified atom stereocenters. The van der Waals surface area contributed by atoms with Crippen molar-refractivity contribution in [3.8, 4) is 5.75 Å². The highest BCUT2D eigenvalue weighted by Gasteiger charge is 2.46. The predicted molar refractivity (Wildman–Crippen MR) is 94.5 cm³/mol. The first-order chi connectivity index (χ1) is 12.8. The maximum atomic E-state index is 13.1. The molecule has 1 aromatic carbocycles. The molecular weight excluding hydrogens is 357 g/mol. The lowest BCUT2D eigenvalue weighted by Gasteiger charge is -2.14. The number of hydrogen-bond acceptors (Lipinski definition) is 4. The maximum absolute atomic E-state index is 13.1. The number of aromatic nitrogens is 1. The Hall–Kier alpha value is -2.54. The van der Waals surface area contributed by atoms with Gasteiger partial charge in [0.15, 0.2) is 5.69 Å². The van der Waals surface area contributed by atoms with Crippen LogP contribution in [-0.2, 0) is 18.2 Å². The largest absolute Gasteiger partial charge is 0.489 e. The van der Waals surface area contributed by atoms with Crippen LogP contribution in [-0.4, -0.2) is 11.5 Å². The van der Waals surface area contributed by atoms with Gasteiger partial charge in [0.25, 0.3) is 0 Å². The van der Waals surface area contributed by atoms with Gasteiger partial charge in [-0.2, -0.15) is 13.2 Å². The van der Waals surface area contributed by atoms with E-state index in [2.05, 4.69) is 4.98 Å². The highest BCUT2D eigenvalue weighted by molar-refractivity contribution is 5.85. The monoisotopic (exact) mass is 376 g/mol. The van der Waals surface area contributed by atoms with Crippen molar-refractivity contribution in [3.05, 3.63) is 59.1 Å². The minimum atomic E-state index is -4.52. The van der Waals surface area contributed by atoms with E-state index in [1.54, 1.807) is 12.1 Å². The van der Waals surface area contributed by atoms with Gasteiger partial charge in [0.2, 0.25) is 0 Å². The Bertz CT molecular complexity index is 991. The SMILES string of the molecule is Cc1oc2ccc(OCc3cccnc3C(F)(F)F)cc2c1C1(CN)CC1. The quantitative estimate of drug-likeness (QED) is 0.700. The van der Waals surface area contributed by atoms with Gasteiger partial charge < -0.3 is 14.9 Å². The van der Waals surface area contributed by atoms with E-state index < -0.39 is 11.9 Å². The first-order valence-electron chi connectivity index (χ1n) is 8.72. The van der Waals surface area contributed by atoms with Crippen molar-refractivity contribution < 1.29 is 22.3 Å². The molecule has 0 bridgehead atoms. The molecule has 0 atom stereocenters. The number of pyridine rings is 1. The molecule has 4 rings (SSSR count). The van der Waals surface area contributed by atoms with Crippen LogP contribution in [0.5, 0.6) is 5.75 Å². The Morgan fingerprint density at radius 3 is 2.70 bits per heavy atom. The fourth-order valence-electron chi connectivity index (χ4n) is 3.63. The third kappa shape index (κ3) is 3.16. The fourth-order valence-corrected chi connectivity index (χ4v) is 3.63. The molecule has 1 aliphatic rings. The van der Waals surface area contributed by atoms with E-state index in [1.807, 2.05) is 13.0 Å². The second-order valence-electron chi connectivity index (χ2n) is 6.97. The fraction of sp³-hybridized carbons (Fsp3) is 0.350. The van der Waals surface area contributed by atoms with E-state index in [0.717, 1.165) is 41.3 Å². The van der Waals surface area contributed by atoms with Crippen molar-refractivity contribution in [1.82, 2.24) is 4.98 Å². The molecule has 1 fully saturated rings. The van der Waals surface area contributed by atoms with E-state index in [9.17, 15) is 13.2 Å². The van der Waals surface area contributed by atoms with Crippen molar-refractivity contribution in [2.45, 2.75) is 38.0 Å². The van der Waals surface area contributed by atoms with Gasteiger partial charge in [-0.25, -0.2) is 0 Å². The molecule has 4 nitrogen and oxygen atoms in total. The molecule has 2 aromatic heterocycles. The molecule has 1 saturated carbocycles. The summed E-state index contributed by atoms with van der Waals surface area (Å²) in [7, 11) is 0. The zero-order valence-electron chi connectivity index (χ0n) is 14.8. The lowest BCUT2D eigenvalue weighted by Crippen LogP contribution is -2.20. The summed E-state index contributed by atoms with van der Waals surface area (Å²) in [6.07, 6.45) is -1.37. The van der Waals surface area contributed by atoms with Crippen LogP contribution in [0.3, 0.4) is 0 Å². The number of alkyl halides is 3. The van der Waals surface area contributed by atoms with Crippen LogP contribution in [0.2, 0.25) is 0 Å². The van der Waals surface area contributed by atoms with Crippen LogP contribution in [0.15, 0.2) is 40.9 Å². The first-order valence-corrected chi connectivity index (χ1v) is 8.72. The number of ether oxygens (including phenoxy) is 1. The summed E-state index contributed by atoms with van der Waals surface area (Å²) < 4.78 is 50.7. The average Bonchev–Trinajstić information content (AvgIpc) is 3.35. The zero-order valence-corrected chi connectivity index (χ0v) is 14.8. The molecule has 0 amide bonds. The predicted octanol–water partition coefficient (Wildman–Crippen LogP) is 4.72. The van der Waals surface area contributed by atoms with Gasteiger partial charge in [-0.05, 0) is 44.0 Å². The van der Waals surface area contributed by atoms with E-state index in [-0.39, 0.29) is 17.6 Å². The summed E-state index contributed by atoms with van der Waals surface area (Å²) in [6, 6.07) is 8.13. The highest BCUT2D eigenvalue weighted by Crippen LogP contribution is 2.52. The molecule has 0 radical (unpaired) electrons. The van der Waals surface area contributed by atoms with E-state index in [4.69, 9.17) is 14.9 Å². The van der Waals surface area contributed by atoms with Gasteiger partial charge in [-0.3, -0.25) is 4.98 Å². The summed E-state index contributed by atoms with van der Waals surface area (Å²) in [5, 5.41) is 0.912. The Morgan fingerprint density at radius 2 is 2.04 bits per heavy atom. The molecule has 2 N–H and O–H groups in total. The molecule has 142 valence electrons. The van der Waals surface area contributed by atoms with Crippen LogP contribution < -0.4 is 10.5 Å². The third-order valence-electron chi connectivity index (χ3n) is 5.16. The number of furan rings is 1. The zero-order chi connectivity index (χ0) is 19.2. The first kappa shape index (κ1) is 17.9. The van der Waals surface area contributed by atoms with Gasteiger partial charge >= 0.3 is 6.18 Å². The van der Waals surface area contributed by atoms with Crippen LogP contribution in [0.1, 0.15) is 35.4 Å². The standard InChI is InChI=1S/C20H19F3N2O2/c1-12-17(19(11-24)6-7-19)15-9-14(4-5-16(15)27-12)26-10-13-3-2-8-25-18(13)20(21,22)23/h2-5,8-9H,6-7,10-11,24H2,1H3. The molecule has 7 heteroatoms. The lowest BCUT2D eigenvalue weighted by atomic mass is 9.93. The minimum absolute atomic E-state index is 0.00526. The van der Waals surface area contributed by atoms with Gasteiger partial charge in [-0.1, -0.05) is 6.07 Å². The number of fused-ring (bicyclic) bond motifs is 1. The summed E-state index contributed by atoms with van der Waals surface area (Å²) in [6.45, 7) is 2.23. The minimum Gasteiger partial charge on any atom is -0.489 e. The van der Waals surface area contributed by atoms with Crippen molar-refractivity contribution in [2.75, 3.05) is 6.54 Å². The molecule has 0 saturated heterocycles. The molecule has 3 aromatic rings. The number of nitrogens with zero attached hydrogens (tertiary/aromatic N) is 1. The topological polar surface area (TPSA) is 61.3 Å². The Kier molecular flexibility index (Phi) is 4.14. The molecule has 0 spiro atoms. The average molecular weight is 376 g/mol. The Balaban J connectivity index is 1.64. The Morgan fingerprint density at radius 1 is 1.26 bits per heavy atom. The van der Waals surface area contributed by atoms with Crippen LogP contribution in [0.4, 0.5) is 13.2 Å². The summed E-state index contributed by atoms with van der Waals surface area (Å²) in [4.78, 5) is 3.45. The second kappa shape index (κ2) is 6.27. The second-order valence-corrected chi connectivity index (χ2v) is 6.97. The molecule has 2 heterocycles. The van der Waals surface area contributed by atoms with Crippen LogP contribution in [0.25, 0.3) is 11.0 Å². The molecule has 0 aliphatic heterocycles. The van der Waals surface area contributed by atoms with Gasteiger partial charge in [-0.15, -0.1) is 0 Å². The number of rotatable bonds is 5. The van der Waals surface area contributed by atoms with Crippen LogP contribution in [0, 0.1) is 6.92 Å². The van der Waals surface area contributed by atoms with Crippen molar-refractivity contribution >= 4 is 11.0 Å². The third-order valence-corrected chi connectivity index (χ3v) is 5.16. The van der Waals surface area contributed by atoms with Crippen molar-refractivity contribution in [1.29, 1.82) is 0 Å². The number of aryl methyl sites for hydroxylation is 1. The summed E-state index contributed by atoms with van der Waals surface area (Å²) >= 11 is 0. The summed E-state index contributed by atoms with van der Waals surface area (Å²) in [5.74, 6) is 1.31. The Labute approximate surface area is 154 Å². The van der Waals surface area contributed by atoms with Gasteiger partial charge in [0.05, 0.1) is 0 Å². The van der Waals surface area contributed by atoms with Crippen molar-refractivity contribution in [3.63, 3.8) is 0 Å². The highest BCUT2D eigenvalue weighted by atomic mass is 19.4. The normalized spacial score (nSPS) is 15.9. The molecule has 27 heavy (non-hydrogen) atoms. The molecule has 1 aliphatic carbocycles. The van der Waals surface area contributed by atoms with Gasteiger partial charge in [0, 0.05) is 34.7 Å². The van der Waals surface area contributed by atoms with E-state index in [0.29, 0.717) is 12.3 Å². The lowest BCUT2D eigenvalue weighted by molar-refractivity contribution is -0.142. The summed E-state index contributed by atoms with van der Waals surface area (Å²) in [5.41, 5.74) is 6.79. The smallest absolute Gasteiger partial charge is 0.433 e. The maximum Gasteiger partial charge on any atom is 0.433 e.